The summed E-state index contributed by atoms with van der Waals surface area (Å²) in [5.74, 6) is -2.30. The molecular weight excluding hydrogens is 214 g/mol. The number of amides is 1. The summed E-state index contributed by atoms with van der Waals surface area (Å²) < 4.78 is 4.97. The fourth-order valence-corrected chi connectivity index (χ4v) is 1.67. The Hall–Kier alpha value is -1.61. The Morgan fingerprint density at radius 3 is 2.62 bits per heavy atom. The summed E-state index contributed by atoms with van der Waals surface area (Å²) in [6, 6.07) is 1.51. The van der Waals surface area contributed by atoms with Gasteiger partial charge in [-0.1, -0.05) is 0 Å². The van der Waals surface area contributed by atoms with Gasteiger partial charge in [0, 0.05) is 7.11 Å². The van der Waals surface area contributed by atoms with Crippen molar-refractivity contribution in [2.45, 2.75) is 18.9 Å². The van der Waals surface area contributed by atoms with E-state index in [0.29, 0.717) is 0 Å². The lowest BCUT2D eigenvalue weighted by Gasteiger charge is -2.27. The summed E-state index contributed by atoms with van der Waals surface area (Å²) in [6.07, 6.45) is 1.89. The fourth-order valence-electron chi connectivity index (χ4n) is 1.67. The largest absolute Gasteiger partial charge is 0.474 e. The lowest BCUT2D eigenvalue weighted by atomic mass is 10.2. The van der Waals surface area contributed by atoms with Crippen molar-refractivity contribution in [1.29, 1.82) is 5.26 Å². The zero-order valence-electron chi connectivity index (χ0n) is 9.05. The Morgan fingerprint density at radius 1 is 1.62 bits per heavy atom. The minimum Gasteiger partial charge on any atom is -0.474 e. The maximum absolute atomic E-state index is 11.4. The Labute approximate surface area is 93.4 Å². The number of hydrogen-bond acceptors (Lipinski definition) is 4. The third kappa shape index (κ3) is 2.94. The molecule has 1 atom stereocenters. The lowest BCUT2D eigenvalue weighted by Crippen LogP contribution is -2.47. The first kappa shape index (κ1) is 12.5. The van der Waals surface area contributed by atoms with E-state index in [9.17, 15) is 9.59 Å². The van der Waals surface area contributed by atoms with Gasteiger partial charge in [-0.15, -0.1) is 0 Å². The van der Waals surface area contributed by atoms with Crippen molar-refractivity contribution >= 4 is 11.9 Å². The topological polar surface area (TPSA) is 90.6 Å². The van der Waals surface area contributed by atoms with Crippen LogP contribution < -0.4 is 0 Å². The summed E-state index contributed by atoms with van der Waals surface area (Å²) in [7, 11) is 1.49. The summed E-state index contributed by atoms with van der Waals surface area (Å²) in [5.41, 5.74) is 0. The average molecular weight is 228 g/mol. The summed E-state index contributed by atoms with van der Waals surface area (Å²) in [5, 5.41) is 17.3. The van der Waals surface area contributed by atoms with E-state index in [-0.39, 0.29) is 25.1 Å². The van der Waals surface area contributed by atoms with Gasteiger partial charge in [-0.05, 0) is 18.8 Å². The quantitative estimate of drug-likeness (QED) is 0.401. The summed E-state index contributed by atoms with van der Waals surface area (Å²) in [6.45, 7) is 0.0566. The molecule has 1 aliphatic rings. The normalized spacial score (nSPS) is 16.2. The van der Waals surface area contributed by atoms with E-state index in [2.05, 4.69) is 0 Å². The Bertz CT molecular complexity index is 319. The van der Waals surface area contributed by atoms with Crippen LogP contribution >= 0.6 is 0 Å². The standard InChI is InChI=1S/C10H14N2O4/c1-16-6-8(7-2-3-7)12(5-4-11)9(13)10(14)15/h7-8H,2-3,5-6H2,1H3,(H,14,15)/t8-/m1/s1/i9+1,10+1. The van der Waals surface area contributed by atoms with E-state index in [1.54, 1.807) is 0 Å². The highest BCUT2D eigenvalue weighted by Crippen LogP contribution is 2.35. The van der Waals surface area contributed by atoms with E-state index in [1.165, 1.54) is 7.11 Å². The molecule has 0 saturated heterocycles. The predicted octanol–water partition coefficient (Wildman–Crippen LogP) is -0.152. The molecule has 0 aromatic heterocycles. The molecule has 0 unspecified atom stereocenters. The third-order valence-corrected chi connectivity index (χ3v) is 2.59. The van der Waals surface area contributed by atoms with Gasteiger partial charge in [0.25, 0.3) is 0 Å². The van der Waals surface area contributed by atoms with Crippen molar-refractivity contribution < 1.29 is 19.4 Å². The number of nitriles is 1. The first-order valence-electron chi connectivity index (χ1n) is 5.01. The molecule has 0 bridgehead atoms. The van der Waals surface area contributed by atoms with Crippen LogP contribution in [0.4, 0.5) is 0 Å². The highest BCUT2D eigenvalue weighted by atomic mass is 16.5. The van der Waals surface area contributed by atoms with E-state index in [0.717, 1.165) is 17.7 Å². The predicted molar refractivity (Wildman–Crippen MR) is 53.3 cm³/mol. The van der Waals surface area contributed by atoms with Crippen LogP contribution in [0.2, 0.25) is 0 Å². The molecule has 88 valence electrons. The number of aliphatic carboxylic acids is 1. The van der Waals surface area contributed by atoms with Crippen molar-refractivity contribution in [2.75, 3.05) is 20.3 Å². The van der Waals surface area contributed by atoms with E-state index >= 15 is 0 Å². The second-order valence-electron chi connectivity index (χ2n) is 3.76. The summed E-state index contributed by atoms with van der Waals surface area (Å²) in [4.78, 5) is 23.1. The molecule has 1 amide bonds. The van der Waals surface area contributed by atoms with Crippen molar-refractivity contribution in [2.24, 2.45) is 5.92 Å². The number of rotatable bonds is 5. The lowest BCUT2D eigenvalue weighted by molar-refractivity contribution is -0.157. The molecule has 0 heterocycles. The number of carbonyl (C=O) groups is 2. The molecule has 0 aromatic carbocycles. The molecule has 1 saturated carbocycles. The fraction of sp³-hybridized carbons (Fsp3) is 0.700. The van der Waals surface area contributed by atoms with Gasteiger partial charge in [0.1, 0.15) is 6.54 Å². The van der Waals surface area contributed by atoms with Crippen molar-refractivity contribution in [1.82, 2.24) is 4.90 Å². The van der Waals surface area contributed by atoms with Gasteiger partial charge in [0.2, 0.25) is 0 Å². The van der Waals surface area contributed by atoms with Gasteiger partial charge in [-0.2, -0.15) is 5.26 Å². The van der Waals surface area contributed by atoms with Gasteiger partial charge in [0.15, 0.2) is 0 Å². The number of carbonyl (C=O) groups excluding carboxylic acids is 1. The van der Waals surface area contributed by atoms with Crippen LogP contribution in [0.5, 0.6) is 0 Å². The maximum Gasteiger partial charge on any atom is 0.394 e. The number of hydrogen-bond donors (Lipinski definition) is 1. The van der Waals surface area contributed by atoms with Crippen LogP contribution in [0.25, 0.3) is 0 Å². The first-order chi connectivity index (χ1) is 7.61. The Kier molecular flexibility index (Phi) is 4.26. The number of methoxy groups -OCH3 is 1. The van der Waals surface area contributed by atoms with Crippen LogP contribution in [-0.2, 0) is 14.3 Å². The second kappa shape index (κ2) is 5.47. The zero-order valence-corrected chi connectivity index (χ0v) is 9.05. The molecule has 1 N–H and O–H groups in total. The maximum atomic E-state index is 11.4. The van der Waals surface area contributed by atoms with Crippen molar-refractivity contribution in [3.8, 4) is 6.07 Å². The van der Waals surface area contributed by atoms with Gasteiger partial charge in [-0.25, -0.2) is 4.79 Å². The molecule has 0 aliphatic heterocycles. The molecule has 0 spiro atoms. The molecule has 0 radical (unpaired) electrons. The molecule has 16 heavy (non-hydrogen) atoms. The van der Waals surface area contributed by atoms with Crippen molar-refractivity contribution in [3.05, 3.63) is 0 Å². The Morgan fingerprint density at radius 2 is 2.25 bits per heavy atom. The minimum atomic E-state index is -1.53. The molecule has 6 heteroatoms. The second-order valence-corrected chi connectivity index (χ2v) is 3.76. The highest BCUT2D eigenvalue weighted by molar-refractivity contribution is 6.31. The molecule has 1 aliphatic carbocycles. The third-order valence-electron chi connectivity index (χ3n) is 2.59. The minimum absolute atomic E-state index is 0.213. The van der Waals surface area contributed by atoms with Gasteiger partial charge >= 0.3 is 11.9 Å². The van der Waals surface area contributed by atoms with Crippen LogP contribution in [0, 0.1) is 17.2 Å². The van der Waals surface area contributed by atoms with Crippen molar-refractivity contribution in [3.63, 3.8) is 0 Å². The van der Waals surface area contributed by atoms with E-state index < -0.39 is 11.9 Å². The van der Waals surface area contributed by atoms with E-state index in [4.69, 9.17) is 15.1 Å². The number of nitrogens with zero attached hydrogens (tertiary/aromatic N) is 2. The highest BCUT2D eigenvalue weighted by Gasteiger charge is 2.39. The SMILES string of the molecule is COC[C@H](C1CC1)N(CC#N)[13C](=O)[13C](=O)O. The summed E-state index contributed by atoms with van der Waals surface area (Å²) >= 11 is 0. The number of carboxylic acid groups (broad SMARTS) is 1. The average Bonchev–Trinajstić information content (AvgIpc) is 3.06. The molecular formula is C10H14N2O4. The number of ether oxygens (including phenoxy) is 1. The molecule has 1 fully saturated rings. The molecule has 0 aromatic rings. The number of carboxylic acids is 1. The Balaban J connectivity index is 2.76. The van der Waals surface area contributed by atoms with Crippen LogP contribution in [-0.4, -0.2) is 48.2 Å². The molecule has 6 nitrogen and oxygen atoms in total. The van der Waals surface area contributed by atoms with Gasteiger partial charge in [-0.3, -0.25) is 4.79 Å². The van der Waals surface area contributed by atoms with Crippen LogP contribution in [0.15, 0.2) is 0 Å². The monoisotopic (exact) mass is 228 g/mol. The van der Waals surface area contributed by atoms with E-state index in [1.807, 2.05) is 6.07 Å². The first-order valence-corrected chi connectivity index (χ1v) is 5.01. The van der Waals surface area contributed by atoms with Crippen LogP contribution in [0.1, 0.15) is 12.8 Å². The van der Waals surface area contributed by atoms with Gasteiger partial charge < -0.3 is 14.7 Å². The smallest absolute Gasteiger partial charge is 0.394 e. The van der Waals surface area contributed by atoms with Gasteiger partial charge in [0.05, 0.1) is 18.7 Å². The van der Waals surface area contributed by atoms with Crippen LogP contribution in [0.3, 0.4) is 0 Å². The molecule has 1 rings (SSSR count). The zero-order chi connectivity index (χ0) is 12.1.